The first-order chi connectivity index (χ1) is 9.10. The second kappa shape index (κ2) is 5.71. The van der Waals surface area contributed by atoms with Crippen LogP contribution >= 0.6 is 15.9 Å². The lowest BCUT2D eigenvalue weighted by molar-refractivity contribution is 0.102. The maximum Gasteiger partial charge on any atom is 0.274 e. The van der Waals surface area contributed by atoms with Crippen LogP contribution < -0.4 is 15.8 Å². The van der Waals surface area contributed by atoms with E-state index in [0.29, 0.717) is 22.8 Å². The number of rotatable bonds is 3. The summed E-state index contributed by atoms with van der Waals surface area (Å²) in [5.41, 5.74) is 6.95. The summed E-state index contributed by atoms with van der Waals surface area (Å²) in [6.45, 7) is 0. The summed E-state index contributed by atoms with van der Waals surface area (Å²) in [7, 11) is 1.57. The first-order valence-corrected chi connectivity index (χ1v) is 6.26. The van der Waals surface area contributed by atoms with Crippen molar-refractivity contribution in [1.82, 2.24) is 4.98 Å². The Morgan fingerprint density at radius 2 is 2.16 bits per heavy atom. The average Bonchev–Trinajstić information content (AvgIpc) is 2.42. The molecular formula is C13H12BrN3O2. The third-order valence-electron chi connectivity index (χ3n) is 2.44. The minimum atomic E-state index is -0.311. The first kappa shape index (κ1) is 13.4. The van der Waals surface area contributed by atoms with Gasteiger partial charge in [-0.25, -0.2) is 4.98 Å². The van der Waals surface area contributed by atoms with Gasteiger partial charge in [-0.15, -0.1) is 0 Å². The number of halogens is 1. The summed E-state index contributed by atoms with van der Waals surface area (Å²) in [4.78, 5) is 16.0. The topological polar surface area (TPSA) is 77.2 Å². The highest BCUT2D eigenvalue weighted by Gasteiger charge is 2.10. The molecule has 19 heavy (non-hydrogen) atoms. The Kier molecular flexibility index (Phi) is 4.01. The Balaban J connectivity index is 2.21. The molecule has 0 bridgehead atoms. The fourth-order valence-electron chi connectivity index (χ4n) is 1.45. The highest BCUT2D eigenvalue weighted by atomic mass is 79.9. The van der Waals surface area contributed by atoms with Crippen LogP contribution in [0.25, 0.3) is 0 Å². The number of benzene rings is 1. The maximum absolute atomic E-state index is 12.0. The molecule has 0 aliphatic rings. The van der Waals surface area contributed by atoms with Crippen LogP contribution in [0.3, 0.4) is 0 Å². The Hall–Kier alpha value is -2.08. The van der Waals surface area contributed by atoms with E-state index < -0.39 is 0 Å². The molecule has 0 fully saturated rings. The van der Waals surface area contributed by atoms with E-state index >= 15 is 0 Å². The molecule has 3 N–H and O–H groups in total. The molecule has 2 rings (SSSR count). The van der Waals surface area contributed by atoms with Crippen molar-refractivity contribution in [3.8, 4) is 5.75 Å². The van der Waals surface area contributed by atoms with Crippen LogP contribution in [-0.2, 0) is 0 Å². The third-order valence-corrected chi connectivity index (χ3v) is 3.13. The summed E-state index contributed by atoms with van der Waals surface area (Å²) in [5.74, 6) is 0.345. The highest BCUT2D eigenvalue weighted by molar-refractivity contribution is 9.10. The quantitative estimate of drug-likeness (QED) is 0.911. The lowest BCUT2D eigenvalue weighted by atomic mass is 10.2. The van der Waals surface area contributed by atoms with E-state index in [1.165, 1.54) is 6.20 Å². The average molecular weight is 322 g/mol. The van der Waals surface area contributed by atoms with E-state index in [0.717, 1.165) is 4.47 Å². The lowest BCUT2D eigenvalue weighted by Crippen LogP contribution is -2.14. The third kappa shape index (κ3) is 3.23. The largest absolute Gasteiger partial charge is 0.497 e. The fraction of sp³-hybridized carbons (Fsp3) is 0.0769. The molecule has 0 saturated heterocycles. The summed E-state index contributed by atoms with van der Waals surface area (Å²) >= 11 is 3.36. The number of nitrogens with one attached hydrogen (secondary N) is 1. The summed E-state index contributed by atoms with van der Waals surface area (Å²) in [6.07, 6.45) is 1.44. The number of carbonyl (C=O) groups is 1. The van der Waals surface area contributed by atoms with E-state index in [1.54, 1.807) is 37.4 Å². The van der Waals surface area contributed by atoms with Crippen LogP contribution in [-0.4, -0.2) is 18.0 Å². The summed E-state index contributed by atoms with van der Waals surface area (Å²) in [5, 5.41) is 2.75. The van der Waals surface area contributed by atoms with Crippen molar-refractivity contribution < 1.29 is 9.53 Å². The van der Waals surface area contributed by atoms with Gasteiger partial charge in [-0.2, -0.15) is 0 Å². The highest BCUT2D eigenvalue weighted by Crippen LogP contribution is 2.27. The lowest BCUT2D eigenvalue weighted by Gasteiger charge is -2.09. The Morgan fingerprint density at radius 1 is 1.37 bits per heavy atom. The number of carbonyl (C=O) groups excluding carboxylic acids is 1. The molecular weight excluding hydrogens is 310 g/mol. The predicted octanol–water partition coefficient (Wildman–Crippen LogP) is 2.69. The molecule has 1 aromatic heterocycles. The zero-order valence-corrected chi connectivity index (χ0v) is 11.8. The number of anilines is 2. The number of ether oxygens (including phenoxy) is 1. The molecule has 2 aromatic rings. The Labute approximate surface area is 118 Å². The Morgan fingerprint density at radius 3 is 2.79 bits per heavy atom. The van der Waals surface area contributed by atoms with Gasteiger partial charge in [-0.05, 0) is 40.2 Å². The molecule has 98 valence electrons. The molecule has 0 radical (unpaired) electrons. The van der Waals surface area contributed by atoms with Gasteiger partial charge in [0.15, 0.2) is 0 Å². The Bertz CT molecular complexity index is 599. The SMILES string of the molecule is COc1ccc(Br)c(NC(=O)c2ccc(N)cn2)c1. The molecule has 1 amide bonds. The molecule has 0 aliphatic heterocycles. The number of hydrogen-bond acceptors (Lipinski definition) is 4. The molecule has 6 heteroatoms. The van der Waals surface area contributed by atoms with E-state index in [1.807, 2.05) is 0 Å². The summed E-state index contributed by atoms with van der Waals surface area (Å²) in [6, 6.07) is 8.51. The molecule has 1 aromatic carbocycles. The minimum absolute atomic E-state index is 0.295. The van der Waals surface area contributed by atoms with Gasteiger partial charge in [0.2, 0.25) is 0 Å². The number of hydrogen-bond donors (Lipinski definition) is 2. The number of nitrogens with zero attached hydrogens (tertiary/aromatic N) is 1. The van der Waals surface area contributed by atoms with Crippen LogP contribution in [0.2, 0.25) is 0 Å². The second-order valence-corrected chi connectivity index (χ2v) is 4.63. The van der Waals surface area contributed by atoms with E-state index in [4.69, 9.17) is 10.5 Å². The van der Waals surface area contributed by atoms with Crippen molar-refractivity contribution in [2.75, 3.05) is 18.2 Å². The van der Waals surface area contributed by atoms with Crippen LogP contribution in [0.15, 0.2) is 41.0 Å². The van der Waals surface area contributed by atoms with Crippen molar-refractivity contribution in [2.45, 2.75) is 0 Å². The van der Waals surface area contributed by atoms with Crippen molar-refractivity contribution >= 4 is 33.2 Å². The van der Waals surface area contributed by atoms with E-state index in [9.17, 15) is 4.79 Å². The molecule has 0 spiro atoms. The zero-order chi connectivity index (χ0) is 13.8. The normalized spacial score (nSPS) is 10.0. The van der Waals surface area contributed by atoms with Crippen molar-refractivity contribution in [2.24, 2.45) is 0 Å². The van der Waals surface area contributed by atoms with Crippen molar-refractivity contribution in [3.63, 3.8) is 0 Å². The molecule has 0 unspecified atom stereocenters. The zero-order valence-electron chi connectivity index (χ0n) is 10.2. The first-order valence-electron chi connectivity index (χ1n) is 5.46. The van der Waals surface area contributed by atoms with Crippen molar-refractivity contribution in [3.05, 3.63) is 46.7 Å². The van der Waals surface area contributed by atoms with E-state index in [2.05, 4.69) is 26.2 Å². The van der Waals surface area contributed by atoms with Gasteiger partial charge in [0.25, 0.3) is 5.91 Å². The van der Waals surface area contributed by atoms with Crippen LogP contribution in [0, 0.1) is 0 Å². The van der Waals surface area contributed by atoms with Gasteiger partial charge in [0.1, 0.15) is 11.4 Å². The van der Waals surface area contributed by atoms with Crippen LogP contribution in [0.5, 0.6) is 5.75 Å². The van der Waals surface area contributed by atoms with Crippen LogP contribution in [0.4, 0.5) is 11.4 Å². The monoisotopic (exact) mass is 321 g/mol. The number of nitrogens with two attached hydrogens (primary N) is 1. The van der Waals surface area contributed by atoms with Gasteiger partial charge in [-0.1, -0.05) is 0 Å². The maximum atomic E-state index is 12.0. The molecule has 0 atom stereocenters. The predicted molar refractivity (Wildman–Crippen MR) is 77.3 cm³/mol. The number of aromatic nitrogens is 1. The molecule has 5 nitrogen and oxygen atoms in total. The van der Waals surface area contributed by atoms with Crippen molar-refractivity contribution in [1.29, 1.82) is 0 Å². The fourth-order valence-corrected chi connectivity index (χ4v) is 1.80. The summed E-state index contributed by atoms with van der Waals surface area (Å²) < 4.78 is 5.87. The standard InChI is InChI=1S/C13H12BrN3O2/c1-19-9-3-4-10(14)12(6-9)17-13(18)11-5-2-8(15)7-16-11/h2-7H,15H2,1H3,(H,17,18). The van der Waals surface area contributed by atoms with Gasteiger partial charge in [0.05, 0.1) is 24.7 Å². The number of amides is 1. The number of methoxy groups -OCH3 is 1. The van der Waals surface area contributed by atoms with Gasteiger partial charge >= 0.3 is 0 Å². The number of pyridine rings is 1. The van der Waals surface area contributed by atoms with E-state index in [-0.39, 0.29) is 5.91 Å². The smallest absolute Gasteiger partial charge is 0.274 e. The number of nitrogen functional groups attached to an aromatic ring is 1. The van der Waals surface area contributed by atoms with Crippen LogP contribution in [0.1, 0.15) is 10.5 Å². The van der Waals surface area contributed by atoms with Gasteiger partial charge < -0.3 is 15.8 Å². The second-order valence-electron chi connectivity index (χ2n) is 3.78. The minimum Gasteiger partial charge on any atom is -0.497 e. The molecule has 1 heterocycles. The molecule has 0 aliphatic carbocycles. The van der Waals surface area contributed by atoms with Gasteiger partial charge in [0, 0.05) is 10.5 Å². The molecule has 0 saturated carbocycles. The van der Waals surface area contributed by atoms with Gasteiger partial charge in [-0.3, -0.25) is 4.79 Å².